The van der Waals surface area contributed by atoms with E-state index in [-0.39, 0.29) is 46.7 Å². The normalized spacial score (nSPS) is 17.7. The Kier molecular flexibility index (Phi) is 7.13. The van der Waals surface area contributed by atoms with Gasteiger partial charge in [0.1, 0.15) is 5.82 Å². The van der Waals surface area contributed by atoms with Crippen LogP contribution in [0, 0.1) is 6.92 Å². The van der Waals surface area contributed by atoms with Gasteiger partial charge in [0, 0.05) is 5.56 Å². The van der Waals surface area contributed by atoms with Gasteiger partial charge in [-0.05, 0) is 68.1 Å². The van der Waals surface area contributed by atoms with Crippen LogP contribution in [-0.2, 0) is 39.1 Å². The summed E-state index contributed by atoms with van der Waals surface area (Å²) in [6, 6.07) is 9.65. The molecule has 0 radical (unpaired) electrons. The standard InChI is InChI=1S/C26H25F3N4O4S/c1-4-38(36,37)17-7-5-16(6-8-17)14-22(34)31-21-13-15(2)23-18(30-21)11-12-25(3,24(23)35)19-9-10-20(33-32-19)26(27,28)29/h5-10,13H,4,11-12,14H2,1-3H3,(H,30,31,34). The van der Waals surface area contributed by atoms with Gasteiger partial charge in [-0.1, -0.05) is 19.1 Å². The van der Waals surface area contributed by atoms with Crippen molar-refractivity contribution in [3.8, 4) is 0 Å². The SMILES string of the molecule is CCS(=O)(=O)c1ccc(CC(=O)Nc2cc(C)c3c(n2)CCC(C)(c2ccc(C(F)(F)F)nn2)C3=O)cc1. The van der Waals surface area contributed by atoms with E-state index in [1.807, 2.05) is 0 Å². The molecule has 2 aromatic heterocycles. The Hall–Kier alpha value is -3.67. The van der Waals surface area contributed by atoms with Crippen molar-refractivity contribution < 1.29 is 31.2 Å². The molecule has 1 atom stereocenters. The van der Waals surface area contributed by atoms with Crippen LogP contribution in [0.15, 0.2) is 47.4 Å². The number of nitrogens with zero attached hydrogens (tertiary/aromatic N) is 3. The molecule has 0 spiro atoms. The molecule has 0 bridgehead atoms. The number of aromatic nitrogens is 3. The zero-order valence-corrected chi connectivity index (χ0v) is 21.7. The number of nitrogens with one attached hydrogen (secondary N) is 1. The van der Waals surface area contributed by atoms with Gasteiger partial charge in [0.25, 0.3) is 0 Å². The van der Waals surface area contributed by atoms with Crippen LogP contribution in [-0.4, -0.2) is 41.0 Å². The fourth-order valence-electron chi connectivity index (χ4n) is 4.43. The van der Waals surface area contributed by atoms with Crippen molar-refractivity contribution in [2.24, 2.45) is 0 Å². The molecule has 4 rings (SSSR count). The van der Waals surface area contributed by atoms with Crippen molar-refractivity contribution in [3.63, 3.8) is 0 Å². The van der Waals surface area contributed by atoms with Crippen LogP contribution < -0.4 is 5.32 Å². The number of fused-ring (bicyclic) bond motifs is 1. The summed E-state index contributed by atoms with van der Waals surface area (Å²) in [5.41, 5.74) is -0.128. The summed E-state index contributed by atoms with van der Waals surface area (Å²) in [6.07, 6.45) is -4.03. The number of pyridine rings is 1. The lowest BCUT2D eigenvalue weighted by atomic mass is 9.70. The molecule has 3 aromatic rings. The number of carbonyl (C=O) groups excluding carboxylic acids is 2. The van der Waals surface area contributed by atoms with Gasteiger partial charge in [-0.2, -0.15) is 18.3 Å². The third-order valence-corrected chi connectivity index (χ3v) is 8.45. The van der Waals surface area contributed by atoms with Crippen LogP contribution in [0.3, 0.4) is 0 Å². The third kappa shape index (κ3) is 5.31. The summed E-state index contributed by atoms with van der Waals surface area (Å²) in [5.74, 6) is -0.440. The molecule has 1 amide bonds. The maximum Gasteiger partial charge on any atom is 0.435 e. The van der Waals surface area contributed by atoms with Crippen LogP contribution in [0.1, 0.15) is 58.8 Å². The molecule has 1 aliphatic rings. The maximum atomic E-state index is 13.5. The monoisotopic (exact) mass is 546 g/mol. The lowest BCUT2D eigenvalue weighted by molar-refractivity contribution is -0.141. The summed E-state index contributed by atoms with van der Waals surface area (Å²) < 4.78 is 62.5. The van der Waals surface area contributed by atoms with Crippen LogP contribution >= 0.6 is 0 Å². The van der Waals surface area contributed by atoms with Crippen molar-refractivity contribution in [2.45, 2.75) is 56.5 Å². The predicted octanol–water partition coefficient (Wildman–Crippen LogP) is 4.26. The number of rotatable bonds is 6. The van der Waals surface area contributed by atoms with E-state index in [1.54, 1.807) is 39.0 Å². The van der Waals surface area contributed by atoms with Gasteiger partial charge in [-0.25, -0.2) is 13.4 Å². The second kappa shape index (κ2) is 9.90. The van der Waals surface area contributed by atoms with Gasteiger partial charge in [0.2, 0.25) is 5.91 Å². The number of anilines is 1. The number of amides is 1. The Labute approximate surface area is 217 Å². The Morgan fingerprint density at radius 1 is 1.11 bits per heavy atom. The van der Waals surface area contributed by atoms with Crippen molar-refractivity contribution in [1.29, 1.82) is 0 Å². The first-order chi connectivity index (χ1) is 17.7. The maximum absolute atomic E-state index is 13.5. The molecular weight excluding hydrogens is 521 g/mol. The van der Waals surface area contributed by atoms with E-state index in [9.17, 15) is 31.2 Å². The van der Waals surface area contributed by atoms with Crippen molar-refractivity contribution in [3.05, 3.63) is 76.2 Å². The van der Waals surface area contributed by atoms with E-state index in [0.717, 1.165) is 6.07 Å². The average Bonchev–Trinajstić information content (AvgIpc) is 2.86. The molecule has 12 heteroatoms. The number of carbonyl (C=O) groups is 2. The molecular formula is C26H25F3N4O4S. The van der Waals surface area contributed by atoms with Crippen LogP contribution in [0.5, 0.6) is 0 Å². The summed E-state index contributed by atoms with van der Waals surface area (Å²) in [6.45, 7) is 4.88. The number of hydrogen-bond acceptors (Lipinski definition) is 7. The molecule has 1 unspecified atom stereocenters. The van der Waals surface area contributed by atoms with Gasteiger partial charge in [-0.3, -0.25) is 9.59 Å². The predicted molar refractivity (Wildman–Crippen MR) is 133 cm³/mol. The Bertz CT molecular complexity index is 1510. The molecule has 1 aliphatic carbocycles. The van der Waals surface area contributed by atoms with E-state index < -0.39 is 27.1 Å². The smallest absolute Gasteiger partial charge is 0.310 e. The highest BCUT2D eigenvalue weighted by Gasteiger charge is 2.43. The summed E-state index contributed by atoms with van der Waals surface area (Å²) in [4.78, 5) is 30.7. The van der Waals surface area contributed by atoms with Gasteiger partial charge >= 0.3 is 6.18 Å². The molecule has 0 saturated carbocycles. The highest BCUT2D eigenvalue weighted by Crippen LogP contribution is 2.39. The minimum Gasteiger partial charge on any atom is -0.310 e. The number of alkyl halides is 3. The summed E-state index contributed by atoms with van der Waals surface area (Å²) in [7, 11) is -3.33. The summed E-state index contributed by atoms with van der Waals surface area (Å²) >= 11 is 0. The van der Waals surface area contributed by atoms with Gasteiger partial charge < -0.3 is 5.32 Å². The molecule has 1 N–H and O–H groups in total. The first-order valence-corrected chi connectivity index (χ1v) is 13.5. The summed E-state index contributed by atoms with van der Waals surface area (Å²) in [5, 5.41) is 9.69. The van der Waals surface area contributed by atoms with E-state index in [4.69, 9.17) is 0 Å². The number of ketones is 1. The highest BCUT2D eigenvalue weighted by atomic mass is 32.2. The van der Waals surface area contributed by atoms with E-state index in [1.165, 1.54) is 18.2 Å². The molecule has 1 aromatic carbocycles. The topological polar surface area (TPSA) is 119 Å². The number of halogens is 3. The minimum atomic E-state index is -4.63. The fraction of sp³-hybridized carbons (Fsp3) is 0.346. The first kappa shape index (κ1) is 27.4. The van der Waals surface area contributed by atoms with E-state index in [2.05, 4.69) is 20.5 Å². The van der Waals surface area contributed by atoms with Crippen LogP contribution in [0.25, 0.3) is 0 Å². The zero-order chi connectivity index (χ0) is 27.9. The van der Waals surface area contributed by atoms with Crippen molar-refractivity contribution in [1.82, 2.24) is 15.2 Å². The number of benzene rings is 1. The molecule has 8 nitrogen and oxygen atoms in total. The van der Waals surface area contributed by atoms with Gasteiger partial charge in [0.05, 0.1) is 33.9 Å². The van der Waals surface area contributed by atoms with Crippen LogP contribution in [0.2, 0.25) is 0 Å². The third-order valence-electron chi connectivity index (χ3n) is 6.70. The second-order valence-corrected chi connectivity index (χ2v) is 11.7. The zero-order valence-electron chi connectivity index (χ0n) is 20.9. The number of sulfone groups is 1. The Morgan fingerprint density at radius 2 is 1.79 bits per heavy atom. The Morgan fingerprint density at radius 3 is 2.37 bits per heavy atom. The van der Waals surface area contributed by atoms with Crippen molar-refractivity contribution in [2.75, 3.05) is 11.1 Å². The Balaban J connectivity index is 1.51. The largest absolute Gasteiger partial charge is 0.435 e. The van der Waals surface area contributed by atoms with Gasteiger partial charge in [0.15, 0.2) is 21.3 Å². The van der Waals surface area contributed by atoms with E-state index >= 15 is 0 Å². The lowest BCUT2D eigenvalue weighted by Crippen LogP contribution is -2.39. The quantitative estimate of drug-likeness (QED) is 0.491. The first-order valence-electron chi connectivity index (χ1n) is 11.8. The second-order valence-electron chi connectivity index (χ2n) is 9.38. The number of aryl methyl sites for hydroxylation is 2. The molecule has 2 heterocycles. The van der Waals surface area contributed by atoms with Crippen molar-refractivity contribution >= 4 is 27.3 Å². The van der Waals surface area contributed by atoms with Crippen LogP contribution in [0.4, 0.5) is 19.0 Å². The molecule has 0 fully saturated rings. The van der Waals surface area contributed by atoms with E-state index in [0.29, 0.717) is 28.8 Å². The minimum absolute atomic E-state index is 0.00609. The highest BCUT2D eigenvalue weighted by molar-refractivity contribution is 7.91. The molecule has 0 aliphatic heterocycles. The molecule has 0 saturated heterocycles. The molecule has 38 heavy (non-hydrogen) atoms. The number of Topliss-reactive ketones (excluding diaryl/α,β-unsaturated/α-hetero) is 1. The number of hydrogen-bond donors (Lipinski definition) is 1. The average molecular weight is 547 g/mol. The molecule has 200 valence electrons. The fourth-order valence-corrected chi connectivity index (χ4v) is 5.31. The lowest BCUT2D eigenvalue weighted by Gasteiger charge is -2.33. The van der Waals surface area contributed by atoms with Gasteiger partial charge in [-0.15, -0.1) is 5.10 Å².